The van der Waals surface area contributed by atoms with Crippen molar-refractivity contribution in [3.05, 3.63) is 59.7 Å². The first-order valence-corrected chi connectivity index (χ1v) is 11.5. The number of hydrogen-bond acceptors (Lipinski definition) is 4. The zero-order valence-corrected chi connectivity index (χ0v) is 21.0. The quantitative estimate of drug-likeness (QED) is 0.565. The monoisotopic (exact) mass is 454 g/mol. The lowest BCUT2D eigenvalue weighted by Crippen LogP contribution is -2.51. The molecule has 0 unspecified atom stereocenters. The molecule has 0 aromatic heterocycles. The highest BCUT2D eigenvalue weighted by molar-refractivity contribution is 5.88. The molecule has 6 heteroatoms. The lowest BCUT2D eigenvalue weighted by Gasteiger charge is -2.31. The number of amides is 2. The molecule has 0 aliphatic heterocycles. The molecule has 0 heterocycles. The van der Waals surface area contributed by atoms with Crippen LogP contribution >= 0.6 is 0 Å². The SMILES string of the molecule is CC[C@@H](C(=O)NC(C)C)N(Cc1cccc(OC)c1)C(=O)COc1ccc(C(C)(C)C)cc1. The van der Waals surface area contributed by atoms with Crippen LogP contribution in [-0.4, -0.2) is 42.5 Å². The third-order valence-corrected chi connectivity index (χ3v) is 5.39. The summed E-state index contributed by atoms with van der Waals surface area (Å²) in [5.41, 5.74) is 2.12. The molecule has 2 amide bonds. The Morgan fingerprint density at radius 3 is 2.24 bits per heavy atom. The fourth-order valence-corrected chi connectivity index (χ4v) is 3.55. The van der Waals surface area contributed by atoms with Crippen molar-refractivity contribution in [3.8, 4) is 11.5 Å². The third-order valence-electron chi connectivity index (χ3n) is 5.39. The third kappa shape index (κ3) is 7.81. The van der Waals surface area contributed by atoms with Crippen LogP contribution in [0.15, 0.2) is 48.5 Å². The number of ether oxygens (including phenoxy) is 2. The van der Waals surface area contributed by atoms with Gasteiger partial charge in [0.15, 0.2) is 6.61 Å². The van der Waals surface area contributed by atoms with Crippen molar-refractivity contribution >= 4 is 11.8 Å². The maximum Gasteiger partial charge on any atom is 0.261 e. The van der Waals surface area contributed by atoms with E-state index in [-0.39, 0.29) is 36.4 Å². The maximum atomic E-state index is 13.3. The van der Waals surface area contributed by atoms with Gasteiger partial charge >= 0.3 is 0 Å². The molecule has 0 fully saturated rings. The number of methoxy groups -OCH3 is 1. The average molecular weight is 455 g/mol. The Bertz CT molecular complexity index is 916. The van der Waals surface area contributed by atoms with Gasteiger partial charge in [0, 0.05) is 12.6 Å². The summed E-state index contributed by atoms with van der Waals surface area (Å²) >= 11 is 0. The first kappa shape index (κ1) is 26.2. The summed E-state index contributed by atoms with van der Waals surface area (Å²) < 4.78 is 11.1. The van der Waals surface area contributed by atoms with Gasteiger partial charge in [0.2, 0.25) is 5.91 Å². The molecule has 2 rings (SSSR count). The van der Waals surface area contributed by atoms with Crippen LogP contribution in [0.25, 0.3) is 0 Å². The van der Waals surface area contributed by atoms with E-state index in [0.717, 1.165) is 5.56 Å². The van der Waals surface area contributed by atoms with Crippen LogP contribution in [0.4, 0.5) is 0 Å². The lowest BCUT2D eigenvalue weighted by atomic mass is 9.87. The number of hydrogen-bond donors (Lipinski definition) is 1. The van der Waals surface area contributed by atoms with Gasteiger partial charge in [-0.2, -0.15) is 0 Å². The highest BCUT2D eigenvalue weighted by Crippen LogP contribution is 2.24. The molecule has 2 aromatic carbocycles. The summed E-state index contributed by atoms with van der Waals surface area (Å²) in [6.07, 6.45) is 0.495. The summed E-state index contributed by atoms with van der Waals surface area (Å²) in [4.78, 5) is 27.8. The maximum absolute atomic E-state index is 13.3. The van der Waals surface area contributed by atoms with E-state index in [2.05, 4.69) is 26.1 Å². The van der Waals surface area contributed by atoms with Crippen molar-refractivity contribution in [1.29, 1.82) is 0 Å². The van der Waals surface area contributed by atoms with E-state index in [0.29, 0.717) is 17.9 Å². The Morgan fingerprint density at radius 1 is 1.03 bits per heavy atom. The molecule has 0 aliphatic rings. The molecule has 0 saturated heterocycles. The van der Waals surface area contributed by atoms with Crippen molar-refractivity contribution in [2.24, 2.45) is 0 Å². The predicted octanol–water partition coefficient (Wildman–Crippen LogP) is 4.70. The van der Waals surface area contributed by atoms with Gasteiger partial charge < -0.3 is 19.7 Å². The zero-order chi connectivity index (χ0) is 24.6. The Morgan fingerprint density at radius 2 is 1.70 bits per heavy atom. The fourth-order valence-electron chi connectivity index (χ4n) is 3.55. The van der Waals surface area contributed by atoms with E-state index >= 15 is 0 Å². The number of nitrogens with one attached hydrogen (secondary N) is 1. The summed E-state index contributed by atoms with van der Waals surface area (Å²) in [5.74, 6) is 0.911. The Balaban J connectivity index is 2.21. The average Bonchev–Trinajstić information content (AvgIpc) is 2.76. The normalized spacial score (nSPS) is 12.2. The lowest BCUT2D eigenvalue weighted by molar-refractivity contribution is -0.143. The van der Waals surface area contributed by atoms with Crippen LogP contribution < -0.4 is 14.8 Å². The second-order valence-electron chi connectivity index (χ2n) is 9.52. The van der Waals surface area contributed by atoms with Gasteiger partial charge in [0.05, 0.1) is 7.11 Å². The minimum Gasteiger partial charge on any atom is -0.497 e. The highest BCUT2D eigenvalue weighted by Gasteiger charge is 2.29. The van der Waals surface area contributed by atoms with Crippen LogP contribution in [0.2, 0.25) is 0 Å². The zero-order valence-electron chi connectivity index (χ0n) is 21.0. The van der Waals surface area contributed by atoms with Gasteiger partial charge in [-0.1, -0.05) is 52.0 Å². The number of carbonyl (C=O) groups is 2. The van der Waals surface area contributed by atoms with Crippen molar-refractivity contribution in [3.63, 3.8) is 0 Å². The summed E-state index contributed by atoms with van der Waals surface area (Å²) in [7, 11) is 1.60. The Labute approximate surface area is 198 Å². The molecule has 0 spiro atoms. The first-order chi connectivity index (χ1) is 15.5. The second kappa shape index (κ2) is 11.7. The van der Waals surface area contributed by atoms with E-state index in [1.54, 1.807) is 12.0 Å². The molecular weight excluding hydrogens is 416 g/mol. The molecule has 0 saturated carbocycles. The number of nitrogens with zero attached hydrogens (tertiary/aromatic N) is 1. The van der Waals surface area contributed by atoms with Crippen molar-refractivity contribution in [1.82, 2.24) is 10.2 Å². The molecule has 180 valence electrons. The van der Waals surface area contributed by atoms with Crippen LogP contribution in [-0.2, 0) is 21.5 Å². The standard InChI is InChI=1S/C27H38N2O4/c1-8-24(26(31)28-19(2)3)29(17-20-10-9-11-23(16-20)32-7)25(30)18-33-22-14-12-21(13-15-22)27(4,5)6/h9-16,19,24H,8,17-18H2,1-7H3,(H,28,31)/t24-/m0/s1. The molecule has 2 aromatic rings. The van der Waals surface area contributed by atoms with Crippen LogP contribution in [0.1, 0.15) is 59.1 Å². The van der Waals surface area contributed by atoms with E-state index in [4.69, 9.17) is 9.47 Å². The predicted molar refractivity (Wildman–Crippen MR) is 132 cm³/mol. The van der Waals surface area contributed by atoms with Gasteiger partial charge in [0.25, 0.3) is 5.91 Å². The molecule has 1 atom stereocenters. The number of benzene rings is 2. The Hall–Kier alpha value is -3.02. The second-order valence-corrected chi connectivity index (χ2v) is 9.52. The molecule has 0 radical (unpaired) electrons. The van der Waals surface area contributed by atoms with Gasteiger partial charge in [-0.25, -0.2) is 0 Å². The molecule has 6 nitrogen and oxygen atoms in total. The van der Waals surface area contributed by atoms with Gasteiger partial charge in [0.1, 0.15) is 17.5 Å². The highest BCUT2D eigenvalue weighted by atomic mass is 16.5. The van der Waals surface area contributed by atoms with Crippen LogP contribution in [0.5, 0.6) is 11.5 Å². The van der Waals surface area contributed by atoms with Crippen molar-refractivity contribution < 1.29 is 19.1 Å². The fraction of sp³-hybridized carbons (Fsp3) is 0.481. The Kier molecular flexibility index (Phi) is 9.32. The topological polar surface area (TPSA) is 67.9 Å². The van der Waals surface area contributed by atoms with Crippen LogP contribution in [0, 0.1) is 0 Å². The van der Waals surface area contributed by atoms with Gasteiger partial charge in [-0.3, -0.25) is 9.59 Å². The smallest absolute Gasteiger partial charge is 0.261 e. The van der Waals surface area contributed by atoms with E-state index in [1.807, 2.05) is 69.3 Å². The van der Waals surface area contributed by atoms with Gasteiger partial charge in [-0.15, -0.1) is 0 Å². The molecule has 0 aliphatic carbocycles. The molecule has 0 bridgehead atoms. The minimum atomic E-state index is -0.599. The molecule has 1 N–H and O–H groups in total. The van der Waals surface area contributed by atoms with E-state index < -0.39 is 6.04 Å². The summed E-state index contributed by atoms with van der Waals surface area (Å²) in [5, 5.41) is 2.93. The molecular formula is C27H38N2O4. The summed E-state index contributed by atoms with van der Waals surface area (Å²) in [6.45, 7) is 12.3. The van der Waals surface area contributed by atoms with Crippen molar-refractivity contribution in [2.75, 3.05) is 13.7 Å². The van der Waals surface area contributed by atoms with E-state index in [1.165, 1.54) is 5.56 Å². The molecule has 33 heavy (non-hydrogen) atoms. The van der Waals surface area contributed by atoms with Gasteiger partial charge in [-0.05, 0) is 61.1 Å². The summed E-state index contributed by atoms with van der Waals surface area (Å²) in [6, 6.07) is 14.7. The van der Waals surface area contributed by atoms with E-state index in [9.17, 15) is 9.59 Å². The first-order valence-electron chi connectivity index (χ1n) is 11.5. The van der Waals surface area contributed by atoms with Crippen LogP contribution in [0.3, 0.4) is 0 Å². The minimum absolute atomic E-state index is 0.0158. The van der Waals surface area contributed by atoms with Crippen molar-refractivity contribution in [2.45, 2.75) is 72.0 Å². The number of carbonyl (C=O) groups excluding carboxylic acids is 2. The number of rotatable bonds is 10. The largest absolute Gasteiger partial charge is 0.497 e.